The van der Waals surface area contributed by atoms with Crippen LogP contribution in [0, 0.1) is 5.41 Å². The zero-order chi connectivity index (χ0) is 17.1. The molecule has 2 aliphatic heterocycles. The average Bonchev–Trinajstić information content (AvgIpc) is 3.05. The maximum absolute atomic E-state index is 6.13. The van der Waals surface area contributed by atoms with Crippen molar-refractivity contribution in [2.45, 2.75) is 31.9 Å². The lowest BCUT2D eigenvalue weighted by molar-refractivity contribution is -0.141. The summed E-state index contributed by atoms with van der Waals surface area (Å²) in [6.07, 6.45) is 9.43. The molecular formula is C19H26N4O2. The smallest absolute Gasteiger partial charge is 0.213 e. The van der Waals surface area contributed by atoms with Gasteiger partial charge in [0.1, 0.15) is 0 Å². The van der Waals surface area contributed by atoms with Crippen molar-refractivity contribution >= 4 is 0 Å². The van der Waals surface area contributed by atoms with Crippen molar-refractivity contribution < 1.29 is 9.47 Å². The van der Waals surface area contributed by atoms with E-state index in [2.05, 4.69) is 21.2 Å². The Morgan fingerprint density at radius 1 is 1.40 bits per heavy atom. The summed E-state index contributed by atoms with van der Waals surface area (Å²) < 4.78 is 14.1. The number of piperidine rings is 1. The highest BCUT2D eigenvalue weighted by Gasteiger charge is 2.46. The third-order valence-electron chi connectivity index (χ3n) is 5.38. The Morgan fingerprint density at radius 3 is 3.16 bits per heavy atom. The first kappa shape index (κ1) is 16.5. The molecular weight excluding hydrogens is 316 g/mol. The van der Waals surface area contributed by atoms with Gasteiger partial charge in [0.25, 0.3) is 0 Å². The largest absolute Gasteiger partial charge is 0.477 e. The van der Waals surface area contributed by atoms with Gasteiger partial charge in [-0.25, -0.2) is 4.98 Å². The van der Waals surface area contributed by atoms with Crippen LogP contribution in [0.15, 0.2) is 36.8 Å². The first-order valence-corrected chi connectivity index (χ1v) is 9.09. The SMILES string of the molecule is Cn1cc(CN2CC[C@@H]3OCCC[C@@]3(COc3ccccn3)C2)cn1. The van der Waals surface area contributed by atoms with Crippen LogP contribution < -0.4 is 4.74 Å². The van der Waals surface area contributed by atoms with Gasteiger partial charge in [-0.2, -0.15) is 5.10 Å². The highest BCUT2D eigenvalue weighted by Crippen LogP contribution is 2.40. The Bertz CT molecular complexity index is 690. The molecule has 0 radical (unpaired) electrons. The van der Waals surface area contributed by atoms with Crippen LogP contribution in [0.3, 0.4) is 0 Å². The number of hydrogen-bond acceptors (Lipinski definition) is 5. The fourth-order valence-electron chi connectivity index (χ4n) is 4.19. The summed E-state index contributed by atoms with van der Waals surface area (Å²) in [7, 11) is 1.97. The van der Waals surface area contributed by atoms with E-state index >= 15 is 0 Å². The molecule has 6 nitrogen and oxygen atoms in total. The van der Waals surface area contributed by atoms with Gasteiger partial charge in [-0.3, -0.25) is 9.58 Å². The average molecular weight is 342 g/mol. The van der Waals surface area contributed by atoms with Crippen LogP contribution in [0.4, 0.5) is 0 Å². The fraction of sp³-hybridized carbons (Fsp3) is 0.579. The van der Waals surface area contributed by atoms with E-state index in [-0.39, 0.29) is 11.5 Å². The topological polar surface area (TPSA) is 52.4 Å². The highest BCUT2D eigenvalue weighted by atomic mass is 16.5. The van der Waals surface area contributed by atoms with Gasteiger partial charge in [0.15, 0.2) is 0 Å². The zero-order valence-electron chi connectivity index (χ0n) is 14.8. The number of rotatable bonds is 5. The van der Waals surface area contributed by atoms with Gasteiger partial charge in [0.2, 0.25) is 5.88 Å². The molecule has 0 amide bonds. The molecule has 4 heterocycles. The maximum atomic E-state index is 6.13. The van der Waals surface area contributed by atoms with E-state index in [1.165, 1.54) is 5.56 Å². The van der Waals surface area contributed by atoms with E-state index in [4.69, 9.17) is 9.47 Å². The third kappa shape index (κ3) is 3.70. The molecule has 25 heavy (non-hydrogen) atoms. The van der Waals surface area contributed by atoms with Crippen molar-refractivity contribution in [3.05, 3.63) is 42.4 Å². The lowest BCUT2D eigenvalue weighted by atomic mass is 9.73. The molecule has 0 aliphatic carbocycles. The normalized spacial score (nSPS) is 27.0. The molecule has 6 heteroatoms. The van der Waals surface area contributed by atoms with Gasteiger partial charge in [-0.15, -0.1) is 0 Å². The van der Waals surface area contributed by atoms with E-state index in [0.717, 1.165) is 45.5 Å². The Hall–Kier alpha value is -1.92. The molecule has 0 saturated carbocycles. The number of nitrogens with zero attached hydrogens (tertiary/aromatic N) is 4. The molecule has 2 atom stereocenters. The van der Waals surface area contributed by atoms with E-state index in [0.29, 0.717) is 12.5 Å². The van der Waals surface area contributed by atoms with Crippen molar-refractivity contribution in [1.82, 2.24) is 19.7 Å². The molecule has 0 spiro atoms. The molecule has 2 aromatic rings. The van der Waals surface area contributed by atoms with Gasteiger partial charge >= 0.3 is 0 Å². The summed E-state index contributed by atoms with van der Waals surface area (Å²) in [6, 6.07) is 5.80. The van der Waals surface area contributed by atoms with Crippen LogP contribution in [-0.2, 0) is 18.3 Å². The second-order valence-corrected chi connectivity index (χ2v) is 7.30. The summed E-state index contributed by atoms with van der Waals surface area (Å²) in [6.45, 7) is 4.53. The van der Waals surface area contributed by atoms with E-state index in [1.54, 1.807) is 6.20 Å². The first-order chi connectivity index (χ1) is 12.2. The van der Waals surface area contributed by atoms with Crippen molar-refractivity contribution in [3.63, 3.8) is 0 Å². The fourth-order valence-corrected chi connectivity index (χ4v) is 4.19. The van der Waals surface area contributed by atoms with Crippen molar-refractivity contribution in [2.75, 3.05) is 26.3 Å². The highest BCUT2D eigenvalue weighted by molar-refractivity contribution is 5.10. The molecule has 0 unspecified atom stereocenters. The van der Waals surface area contributed by atoms with Gasteiger partial charge < -0.3 is 9.47 Å². The van der Waals surface area contributed by atoms with Crippen molar-refractivity contribution in [1.29, 1.82) is 0 Å². The van der Waals surface area contributed by atoms with E-state index in [1.807, 2.05) is 36.1 Å². The van der Waals surface area contributed by atoms with Crippen LogP contribution in [0.25, 0.3) is 0 Å². The summed E-state index contributed by atoms with van der Waals surface area (Å²) in [5.41, 5.74) is 1.31. The second kappa shape index (κ2) is 7.14. The molecule has 0 bridgehead atoms. The Kier molecular flexibility index (Phi) is 4.72. The number of aryl methyl sites for hydroxylation is 1. The standard InChI is InChI=1S/C19H26N4O2/c1-22-12-16(11-21-22)13-23-9-6-17-19(14-23,7-4-10-24-17)15-25-18-5-2-3-8-20-18/h2-3,5,8,11-12,17H,4,6-7,9-10,13-15H2,1H3/t17-,19-/m0/s1. The van der Waals surface area contributed by atoms with E-state index < -0.39 is 0 Å². The number of fused-ring (bicyclic) bond motifs is 1. The lowest BCUT2D eigenvalue weighted by Gasteiger charge is -2.50. The molecule has 4 rings (SSSR count). The predicted molar refractivity (Wildman–Crippen MR) is 94.2 cm³/mol. The molecule has 2 aromatic heterocycles. The van der Waals surface area contributed by atoms with Gasteiger partial charge in [0, 0.05) is 62.7 Å². The Balaban J connectivity index is 1.46. The summed E-state index contributed by atoms with van der Waals surface area (Å²) in [5, 5.41) is 4.29. The number of pyridine rings is 1. The first-order valence-electron chi connectivity index (χ1n) is 9.09. The number of likely N-dealkylation sites (tertiary alicyclic amines) is 1. The monoisotopic (exact) mass is 342 g/mol. The van der Waals surface area contributed by atoms with Crippen LogP contribution in [0.2, 0.25) is 0 Å². The predicted octanol–water partition coefficient (Wildman–Crippen LogP) is 2.27. The molecule has 2 fully saturated rings. The van der Waals surface area contributed by atoms with E-state index in [9.17, 15) is 0 Å². The molecule has 0 N–H and O–H groups in total. The Labute approximate surface area is 148 Å². The van der Waals surface area contributed by atoms with Crippen LogP contribution in [-0.4, -0.2) is 52.1 Å². The summed E-state index contributed by atoms with van der Waals surface area (Å²) in [4.78, 5) is 6.82. The molecule has 0 aromatic carbocycles. The quantitative estimate of drug-likeness (QED) is 0.834. The zero-order valence-corrected chi connectivity index (χ0v) is 14.8. The second-order valence-electron chi connectivity index (χ2n) is 7.30. The van der Waals surface area contributed by atoms with Crippen LogP contribution >= 0.6 is 0 Å². The lowest BCUT2D eigenvalue weighted by Crippen LogP contribution is -2.57. The van der Waals surface area contributed by atoms with Crippen LogP contribution in [0.1, 0.15) is 24.8 Å². The number of aromatic nitrogens is 3. The minimum absolute atomic E-state index is 0.0518. The van der Waals surface area contributed by atoms with Crippen LogP contribution in [0.5, 0.6) is 5.88 Å². The number of hydrogen-bond donors (Lipinski definition) is 0. The van der Waals surface area contributed by atoms with Crippen molar-refractivity contribution in [3.8, 4) is 5.88 Å². The van der Waals surface area contributed by atoms with Crippen molar-refractivity contribution in [2.24, 2.45) is 12.5 Å². The van der Waals surface area contributed by atoms with Gasteiger partial charge in [-0.1, -0.05) is 6.07 Å². The summed E-state index contributed by atoms with van der Waals surface area (Å²) in [5.74, 6) is 0.700. The Morgan fingerprint density at radius 2 is 2.36 bits per heavy atom. The molecule has 2 saturated heterocycles. The third-order valence-corrected chi connectivity index (χ3v) is 5.38. The van der Waals surface area contributed by atoms with Gasteiger partial charge in [0.05, 0.1) is 18.9 Å². The molecule has 2 aliphatic rings. The molecule has 134 valence electrons. The minimum Gasteiger partial charge on any atom is -0.477 e. The number of ether oxygens (including phenoxy) is 2. The minimum atomic E-state index is 0.0518. The maximum Gasteiger partial charge on any atom is 0.213 e. The van der Waals surface area contributed by atoms with Gasteiger partial charge in [-0.05, 0) is 25.3 Å². The summed E-state index contributed by atoms with van der Waals surface area (Å²) >= 11 is 0.